The van der Waals surface area contributed by atoms with Gasteiger partial charge in [-0.15, -0.1) is 0 Å². The monoisotopic (exact) mass is 285 g/mol. The van der Waals surface area contributed by atoms with Gasteiger partial charge in [-0.05, 0) is 6.92 Å². The van der Waals surface area contributed by atoms with E-state index in [0.29, 0.717) is 23.8 Å². The van der Waals surface area contributed by atoms with Gasteiger partial charge in [0, 0.05) is 25.5 Å². The zero-order chi connectivity index (χ0) is 14.5. The van der Waals surface area contributed by atoms with Crippen LogP contribution in [0.2, 0.25) is 0 Å². The molecule has 0 aromatic carbocycles. The second kappa shape index (κ2) is 6.47. The van der Waals surface area contributed by atoms with Crippen molar-refractivity contribution in [1.29, 1.82) is 0 Å². The summed E-state index contributed by atoms with van der Waals surface area (Å²) < 4.78 is 27.1. The maximum Gasteiger partial charge on any atom is 0.255 e. The smallest absolute Gasteiger partial charge is 0.255 e. The number of hydrogen-bond donors (Lipinski definition) is 2. The van der Waals surface area contributed by atoms with Crippen LogP contribution in [0.4, 0.5) is 20.4 Å². The predicted octanol–water partition coefficient (Wildman–Crippen LogP) is 1.22. The number of halogens is 2. The van der Waals surface area contributed by atoms with E-state index in [1.807, 2.05) is 6.92 Å². The van der Waals surface area contributed by atoms with E-state index in [0.717, 1.165) is 0 Å². The fourth-order valence-electron chi connectivity index (χ4n) is 1.96. The van der Waals surface area contributed by atoms with Crippen LogP contribution >= 0.6 is 0 Å². The van der Waals surface area contributed by atoms with Crippen LogP contribution in [-0.2, 0) is 0 Å². The zero-order valence-electron chi connectivity index (χ0n) is 11.1. The fraction of sp³-hybridized carbons (Fsp3) is 0.500. The Balaban J connectivity index is 2.44. The number of hydrogen-bond acceptors (Lipinski definition) is 5. The first-order valence-corrected chi connectivity index (χ1v) is 6.37. The van der Waals surface area contributed by atoms with Crippen LogP contribution in [0.3, 0.4) is 0 Å². The molecule has 20 heavy (non-hydrogen) atoms. The van der Waals surface area contributed by atoms with Crippen molar-refractivity contribution in [2.24, 2.45) is 0 Å². The fourth-order valence-corrected chi connectivity index (χ4v) is 1.96. The van der Waals surface area contributed by atoms with Crippen molar-refractivity contribution in [1.82, 2.24) is 14.4 Å². The summed E-state index contributed by atoms with van der Waals surface area (Å²) >= 11 is 0. The van der Waals surface area contributed by atoms with Crippen LogP contribution in [0.5, 0.6) is 0 Å². The van der Waals surface area contributed by atoms with Crippen LogP contribution in [0.25, 0.3) is 5.65 Å². The second-order valence-electron chi connectivity index (χ2n) is 4.20. The van der Waals surface area contributed by atoms with Gasteiger partial charge >= 0.3 is 0 Å². The molecule has 2 rings (SSSR count). The van der Waals surface area contributed by atoms with Crippen molar-refractivity contribution in [3.8, 4) is 0 Å². The highest BCUT2D eigenvalue weighted by Crippen LogP contribution is 2.21. The predicted molar refractivity (Wildman–Crippen MR) is 72.5 cm³/mol. The van der Waals surface area contributed by atoms with Crippen LogP contribution < -0.4 is 10.2 Å². The average molecular weight is 285 g/mol. The van der Waals surface area contributed by atoms with Gasteiger partial charge in [0.05, 0.1) is 19.3 Å². The zero-order valence-corrected chi connectivity index (χ0v) is 11.1. The van der Waals surface area contributed by atoms with Crippen molar-refractivity contribution >= 4 is 17.3 Å². The largest absolute Gasteiger partial charge is 0.395 e. The molecule has 2 aromatic rings. The lowest BCUT2D eigenvalue weighted by Gasteiger charge is -2.23. The molecule has 0 aliphatic heterocycles. The molecule has 8 heteroatoms. The van der Waals surface area contributed by atoms with E-state index in [-0.39, 0.29) is 13.2 Å². The summed E-state index contributed by atoms with van der Waals surface area (Å²) in [5, 5.41) is 12.1. The maximum atomic E-state index is 12.7. The van der Waals surface area contributed by atoms with Crippen LogP contribution in [0.1, 0.15) is 6.92 Å². The van der Waals surface area contributed by atoms with Gasteiger partial charge in [0.15, 0.2) is 11.5 Å². The summed E-state index contributed by atoms with van der Waals surface area (Å²) in [4.78, 5) is 9.80. The molecule has 0 fully saturated rings. The molecule has 0 atom stereocenters. The molecular weight excluding hydrogens is 268 g/mol. The third kappa shape index (κ3) is 3.13. The first kappa shape index (κ1) is 14.4. The molecule has 2 N–H and O–H groups in total. The number of fused-ring (bicyclic) bond motifs is 1. The van der Waals surface area contributed by atoms with Crippen molar-refractivity contribution in [2.75, 3.05) is 36.5 Å². The van der Waals surface area contributed by atoms with E-state index in [1.165, 1.54) is 4.90 Å². The lowest BCUT2D eigenvalue weighted by Crippen LogP contribution is -2.33. The Morgan fingerprint density at radius 2 is 2.30 bits per heavy atom. The van der Waals surface area contributed by atoms with Gasteiger partial charge in [-0.2, -0.15) is 0 Å². The number of rotatable bonds is 7. The Morgan fingerprint density at radius 3 is 2.95 bits per heavy atom. The van der Waals surface area contributed by atoms with Gasteiger partial charge in [0.25, 0.3) is 6.43 Å². The first-order chi connectivity index (χ1) is 9.65. The molecule has 2 heterocycles. The van der Waals surface area contributed by atoms with Gasteiger partial charge < -0.3 is 19.7 Å². The van der Waals surface area contributed by atoms with E-state index in [9.17, 15) is 8.78 Å². The molecule has 0 radical (unpaired) electrons. The van der Waals surface area contributed by atoms with E-state index in [4.69, 9.17) is 5.11 Å². The highest BCUT2D eigenvalue weighted by Gasteiger charge is 2.18. The highest BCUT2D eigenvalue weighted by molar-refractivity contribution is 5.66. The van der Waals surface area contributed by atoms with Crippen LogP contribution in [0, 0.1) is 0 Å². The average Bonchev–Trinajstić information content (AvgIpc) is 2.85. The van der Waals surface area contributed by atoms with E-state index in [2.05, 4.69) is 15.3 Å². The SMILES string of the molecule is CCNc1cn2ccnc2c(N(CCO)CC(F)F)n1. The molecule has 2 aromatic heterocycles. The number of aliphatic hydroxyl groups is 1. The molecule has 0 saturated carbocycles. The molecule has 0 aliphatic rings. The van der Waals surface area contributed by atoms with Crippen LogP contribution in [0.15, 0.2) is 18.6 Å². The normalized spacial score (nSPS) is 11.2. The van der Waals surface area contributed by atoms with Gasteiger partial charge in [0.1, 0.15) is 5.82 Å². The standard InChI is InChI=1S/C12H17F2N5O/c1-2-15-10-8-18-4-3-16-11(18)12(17-10)19(5-6-20)7-9(13)14/h3-4,8-9,15,20H,2,5-7H2,1H3. The summed E-state index contributed by atoms with van der Waals surface area (Å²) in [6, 6.07) is 0. The minimum atomic E-state index is -2.51. The summed E-state index contributed by atoms with van der Waals surface area (Å²) in [6.45, 7) is 1.94. The molecule has 110 valence electrons. The lowest BCUT2D eigenvalue weighted by atomic mass is 10.4. The summed E-state index contributed by atoms with van der Waals surface area (Å²) in [6.07, 6.45) is 2.53. The molecule has 0 saturated heterocycles. The van der Waals surface area contributed by atoms with Crippen molar-refractivity contribution in [3.05, 3.63) is 18.6 Å². The molecule has 0 aliphatic carbocycles. The Labute approximate surface area is 115 Å². The van der Waals surface area contributed by atoms with Gasteiger partial charge in [-0.1, -0.05) is 0 Å². The minimum absolute atomic E-state index is 0.0788. The maximum absolute atomic E-state index is 12.7. The summed E-state index contributed by atoms with van der Waals surface area (Å²) in [5.74, 6) is 0.910. The third-order valence-corrected chi connectivity index (χ3v) is 2.74. The molecule has 6 nitrogen and oxygen atoms in total. The second-order valence-corrected chi connectivity index (χ2v) is 4.20. The molecular formula is C12H17F2N5O. The number of aromatic nitrogens is 3. The van der Waals surface area contributed by atoms with Crippen molar-refractivity contribution in [3.63, 3.8) is 0 Å². The Hall–Kier alpha value is -1.96. The Morgan fingerprint density at radius 1 is 1.50 bits per heavy atom. The van der Waals surface area contributed by atoms with Crippen molar-refractivity contribution < 1.29 is 13.9 Å². The van der Waals surface area contributed by atoms with Crippen LogP contribution in [-0.4, -0.2) is 52.1 Å². The Bertz CT molecular complexity index is 560. The first-order valence-electron chi connectivity index (χ1n) is 6.37. The molecule has 0 spiro atoms. The Kier molecular flexibility index (Phi) is 4.67. The topological polar surface area (TPSA) is 65.7 Å². The number of imidazole rings is 1. The number of anilines is 2. The molecule has 0 bridgehead atoms. The van der Waals surface area contributed by atoms with Gasteiger partial charge in [-0.25, -0.2) is 18.7 Å². The highest BCUT2D eigenvalue weighted by atomic mass is 19.3. The molecule has 0 unspecified atom stereocenters. The molecule has 0 amide bonds. The number of nitrogens with one attached hydrogen (secondary N) is 1. The summed E-state index contributed by atoms with van der Waals surface area (Å²) in [5.41, 5.74) is 0.487. The van der Waals surface area contributed by atoms with Gasteiger partial charge in [0.2, 0.25) is 0 Å². The van der Waals surface area contributed by atoms with E-state index in [1.54, 1.807) is 23.0 Å². The number of alkyl halides is 2. The third-order valence-electron chi connectivity index (χ3n) is 2.74. The summed E-state index contributed by atoms with van der Waals surface area (Å²) in [7, 11) is 0. The lowest BCUT2D eigenvalue weighted by molar-refractivity contribution is 0.152. The quantitative estimate of drug-likeness (QED) is 0.801. The minimum Gasteiger partial charge on any atom is -0.395 e. The van der Waals surface area contributed by atoms with Gasteiger partial charge in [-0.3, -0.25) is 0 Å². The number of nitrogens with zero attached hydrogens (tertiary/aromatic N) is 4. The number of aliphatic hydroxyl groups excluding tert-OH is 1. The van der Waals surface area contributed by atoms with E-state index >= 15 is 0 Å². The van der Waals surface area contributed by atoms with Crippen molar-refractivity contribution in [2.45, 2.75) is 13.3 Å². The van der Waals surface area contributed by atoms with E-state index < -0.39 is 13.0 Å².